The highest BCUT2D eigenvalue weighted by atomic mass is 16.4. The first-order valence-electron chi connectivity index (χ1n) is 16.3. The van der Waals surface area contributed by atoms with Crippen molar-refractivity contribution in [1.29, 1.82) is 0 Å². The van der Waals surface area contributed by atoms with Crippen LogP contribution in [0, 0.1) is 5.92 Å². The summed E-state index contributed by atoms with van der Waals surface area (Å²) >= 11 is 0. The Kier molecular flexibility index (Phi) is 26.0. The fourth-order valence-corrected chi connectivity index (χ4v) is 5.01. The lowest BCUT2D eigenvalue weighted by Gasteiger charge is -2.15. The minimum Gasteiger partial charge on any atom is -0.481 e. The summed E-state index contributed by atoms with van der Waals surface area (Å²) in [5.74, 6) is -3.32. The van der Waals surface area contributed by atoms with Gasteiger partial charge >= 0.3 is 11.9 Å². The molecule has 2 atom stereocenters. The van der Waals surface area contributed by atoms with E-state index in [4.69, 9.17) is 5.11 Å². The SMILES string of the molecule is CCCCCCCCCCCCCCCC(=O)C[C@@H](CCC(=O)NCCCC[C@H](NC)C(=O)CNCC(=O)O)C(=O)O. The highest BCUT2D eigenvalue weighted by molar-refractivity contribution is 5.86. The molecule has 0 rings (SSSR count). The van der Waals surface area contributed by atoms with Crippen LogP contribution in [0.5, 0.6) is 0 Å². The number of carbonyl (C=O) groups is 5. The largest absolute Gasteiger partial charge is 0.481 e. The van der Waals surface area contributed by atoms with Crippen LogP contribution in [0.1, 0.15) is 135 Å². The van der Waals surface area contributed by atoms with E-state index in [1.165, 1.54) is 64.2 Å². The van der Waals surface area contributed by atoms with E-state index in [-0.39, 0.29) is 49.8 Å². The summed E-state index contributed by atoms with van der Waals surface area (Å²) in [5.41, 5.74) is 0. The van der Waals surface area contributed by atoms with E-state index >= 15 is 0 Å². The number of carboxylic acid groups (broad SMARTS) is 2. The second-order valence-corrected chi connectivity index (χ2v) is 11.5. The van der Waals surface area contributed by atoms with Crippen molar-refractivity contribution in [2.75, 3.05) is 26.7 Å². The van der Waals surface area contributed by atoms with Crippen molar-refractivity contribution in [1.82, 2.24) is 16.0 Å². The van der Waals surface area contributed by atoms with Gasteiger partial charge in [0.15, 0.2) is 5.78 Å². The fraction of sp³-hybridized carbons (Fsp3) is 0.844. The summed E-state index contributed by atoms with van der Waals surface area (Å²) in [6.07, 6.45) is 18.4. The Morgan fingerprint density at radius 3 is 1.76 bits per heavy atom. The third kappa shape index (κ3) is 24.3. The lowest BCUT2D eigenvalue weighted by atomic mass is 9.94. The monoisotopic (exact) mass is 597 g/mol. The van der Waals surface area contributed by atoms with Gasteiger partial charge in [-0.15, -0.1) is 0 Å². The third-order valence-electron chi connectivity index (χ3n) is 7.66. The summed E-state index contributed by atoms with van der Waals surface area (Å²) < 4.78 is 0. The maximum Gasteiger partial charge on any atom is 0.317 e. The maximum absolute atomic E-state index is 12.3. The molecule has 244 valence electrons. The molecule has 0 radical (unpaired) electrons. The highest BCUT2D eigenvalue weighted by Crippen LogP contribution is 2.17. The summed E-state index contributed by atoms with van der Waals surface area (Å²) in [6, 6.07) is -0.393. The zero-order valence-corrected chi connectivity index (χ0v) is 26.4. The lowest BCUT2D eigenvalue weighted by Crippen LogP contribution is -2.41. The number of unbranched alkanes of at least 4 members (excludes halogenated alkanes) is 13. The van der Waals surface area contributed by atoms with E-state index in [0.29, 0.717) is 32.2 Å². The van der Waals surface area contributed by atoms with Crippen molar-refractivity contribution < 1.29 is 34.2 Å². The average Bonchev–Trinajstić information content (AvgIpc) is 2.94. The van der Waals surface area contributed by atoms with Crippen LogP contribution in [0.25, 0.3) is 0 Å². The second kappa shape index (κ2) is 27.5. The Bertz CT molecular complexity index is 760. The summed E-state index contributed by atoms with van der Waals surface area (Å²) in [6.45, 7) is 2.35. The van der Waals surface area contributed by atoms with Crippen LogP contribution in [0.2, 0.25) is 0 Å². The van der Waals surface area contributed by atoms with Gasteiger partial charge in [-0.3, -0.25) is 24.0 Å². The van der Waals surface area contributed by atoms with Gasteiger partial charge < -0.3 is 26.2 Å². The average molecular weight is 598 g/mol. The van der Waals surface area contributed by atoms with Gasteiger partial charge in [0, 0.05) is 25.8 Å². The van der Waals surface area contributed by atoms with Gasteiger partial charge in [0.1, 0.15) is 5.78 Å². The van der Waals surface area contributed by atoms with Crippen molar-refractivity contribution in [3.63, 3.8) is 0 Å². The van der Waals surface area contributed by atoms with Gasteiger partial charge in [0.05, 0.1) is 25.0 Å². The molecule has 0 aliphatic heterocycles. The van der Waals surface area contributed by atoms with Crippen molar-refractivity contribution in [3.8, 4) is 0 Å². The molecule has 0 aromatic carbocycles. The van der Waals surface area contributed by atoms with E-state index in [1.807, 2.05) is 0 Å². The van der Waals surface area contributed by atoms with Gasteiger partial charge in [0.25, 0.3) is 0 Å². The Balaban J connectivity index is 3.93. The van der Waals surface area contributed by atoms with E-state index in [1.54, 1.807) is 7.05 Å². The van der Waals surface area contributed by atoms with Crippen LogP contribution in [0.3, 0.4) is 0 Å². The predicted octanol–water partition coefficient (Wildman–Crippen LogP) is 5.03. The highest BCUT2D eigenvalue weighted by Gasteiger charge is 2.22. The molecule has 10 nitrogen and oxygen atoms in total. The van der Waals surface area contributed by atoms with E-state index in [0.717, 1.165) is 19.3 Å². The first kappa shape index (κ1) is 39.7. The first-order valence-corrected chi connectivity index (χ1v) is 16.3. The van der Waals surface area contributed by atoms with Crippen molar-refractivity contribution in [2.45, 2.75) is 141 Å². The number of carbonyl (C=O) groups excluding carboxylic acids is 3. The number of hydrogen-bond donors (Lipinski definition) is 5. The molecule has 0 heterocycles. The van der Waals surface area contributed by atoms with E-state index in [2.05, 4.69) is 22.9 Å². The number of hydrogen-bond acceptors (Lipinski definition) is 7. The molecule has 42 heavy (non-hydrogen) atoms. The molecule has 0 spiro atoms. The van der Waals surface area contributed by atoms with Crippen molar-refractivity contribution >= 4 is 29.4 Å². The lowest BCUT2D eigenvalue weighted by molar-refractivity contribution is -0.144. The zero-order valence-electron chi connectivity index (χ0n) is 26.4. The number of Topliss-reactive ketones (excluding diaryl/α,β-unsaturated/α-hetero) is 2. The molecular formula is C32H59N3O7. The molecule has 1 amide bonds. The molecule has 5 N–H and O–H groups in total. The maximum atomic E-state index is 12.3. The predicted molar refractivity (Wildman–Crippen MR) is 166 cm³/mol. The van der Waals surface area contributed by atoms with Gasteiger partial charge in [0.2, 0.25) is 5.91 Å². The van der Waals surface area contributed by atoms with Crippen molar-refractivity contribution in [3.05, 3.63) is 0 Å². The number of aliphatic carboxylic acids is 2. The fourth-order valence-electron chi connectivity index (χ4n) is 5.01. The number of amides is 1. The van der Waals surface area contributed by atoms with Crippen molar-refractivity contribution in [2.24, 2.45) is 5.92 Å². The third-order valence-corrected chi connectivity index (χ3v) is 7.66. The number of ketones is 2. The molecule has 0 fully saturated rings. The molecule has 0 aliphatic rings. The Hall–Kier alpha value is -2.33. The van der Waals surface area contributed by atoms with Crippen LogP contribution in [0.4, 0.5) is 0 Å². The molecule has 0 aromatic heterocycles. The minimum absolute atomic E-state index is 0.0262. The van der Waals surface area contributed by atoms with Crippen LogP contribution in [-0.4, -0.2) is 72.3 Å². The smallest absolute Gasteiger partial charge is 0.317 e. The number of rotatable bonds is 31. The van der Waals surface area contributed by atoms with Crippen LogP contribution in [0.15, 0.2) is 0 Å². The number of nitrogens with one attached hydrogen (secondary N) is 3. The number of likely N-dealkylation sites (N-methyl/N-ethyl adjacent to an activating group) is 1. The second-order valence-electron chi connectivity index (χ2n) is 11.5. The van der Waals surface area contributed by atoms with E-state index in [9.17, 15) is 29.1 Å². The summed E-state index contributed by atoms with van der Waals surface area (Å²) in [5, 5.41) is 26.4. The van der Waals surface area contributed by atoms with Crippen LogP contribution >= 0.6 is 0 Å². The Labute approximate surface area is 253 Å². The molecular weight excluding hydrogens is 538 g/mol. The van der Waals surface area contributed by atoms with Crippen LogP contribution in [-0.2, 0) is 24.0 Å². The van der Waals surface area contributed by atoms with Gasteiger partial charge in [-0.05, 0) is 39.2 Å². The zero-order chi connectivity index (χ0) is 31.4. The molecule has 0 saturated carbocycles. The summed E-state index contributed by atoms with van der Waals surface area (Å²) in [7, 11) is 1.67. The standard InChI is InChI=1S/C32H59N3O7/c1-3-4-5-6-7-8-9-10-11-12-13-14-15-18-27(36)23-26(32(41)42)20-21-30(38)35-22-17-16-19-28(33-2)29(37)24-34-25-31(39)40/h26,28,33-34H,3-25H2,1-2H3,(H,35,38)(H,39,40)(H,41,42)/t26-,28+/m1/s1. The van der Waals surface area contributed by atoms with Gasteiger partial charge in [-0.2, -0.15) is 0 Å². The van der Waals surface area contributed by atoms with Gasteiger partial charge in [-0.1, -0.05) is 84.0 Å². The molecule has 0 unspecified atom stereocenters. The molecule has 10 heteroatoms. The summed E-state index contributed by atoms with van der Waals surface area (Å²) in [4.78, 5) is 58.8. The Morgan fingerprint density at radius 1 is 0.667 bits per heavy atom. The molecule has 0 aromatic rings. The van der Waals surface area contributed by atoms with Crippen LogP contribution < -0.4 is 16.0 Å². The normalized spacial score (nSPS) is 12.5. The molecule has 0 saturated heterocycles. The molecule has 0 aliphatic carbocycles. The minimum atomic E-state index is -1.04. The van der Waals surface area contributed by atoms with E-state index < -0.39 is 23.9 Å². The number of carboxylic acids is 2. The first-order chi connectivity index (χ1) is 20.2. The van der Waals surface area contributed by atoms with Gasteiger partial charge in [-0.25, -0.2) is 0 Å². The molecule has 0 bridgehead atoms. The topological polar surface area (TPSA) is 162 Å². The Morgan fingerprint density at radius 2 is 1.24 bits per heavy atom. The quantitative estimate of drug-likeness (QED) is 0.0690.